The Kier molecular flexibility index (Phi) is 14.1. The molecule has 1 amide bonds. The maximum absolute atomic E-state index is 13.2. The molecular formula is C37H49ClF3N11O4S. The van der Waals surface area contributed by atoms with E-state index < -0.39 is 17.5 Å². The van der Waals surface area contributed by atoms with Crippen LogP contribution in [0.3, 0.4) is 0 Å². The van der Waals surface area contributed by atoms with Crippen molar-refractivity contribution in [2.24, 2.45) is 11.3 Å². The molecule has 2 aliphatic rings. The molecule has 310 valence electrons. The van der Waals surface area contributed by atoms with Crippen LogP contribution >= 0.6 is 23.5 Å². The molecule has 15 nitrogen and oxygen atoms in total. The van der Waals surface area contributed by atoms with E-state index in [0.717, 1.165) is 50.1 Å². The van der Waals surface area contributed by atoms with E-state index in [0.29, 0.717) is 35.6 Å². The summed E-state index contributed by atoms with van der Waals surface area (Å²) in [5.74, 6) is 1.90. The Morgan fingerprint density at radius 2 is 1.93 bits per heavy atom. The molecule has 2 fully saturated rings. The highest BCUT2D eigenvalue weighted by atomic mass is 35.5. The number of pyridine rings is 2. The number of aromatic nitrogens is 8. The van der Waals surface area contributed by atoms with Gasteiger partial charge >= 0.3 is 6.18 Å². The van der Waals surface area contributed by atoms with Crippen molar-refractivity contribution in [2.75, 3.05) is 31.6 Å². The first kappa shape index (κ1) is 43.6. The maximum Gasteiger partial charge on any atom is 0.394 e. The molecule has 6 rings (SSSR count). The van der Waals surface area contributed by atoms with Crippen LogP contribution in [-0.2, 0) is 16.1 Å². The van der Waals surface area contributed by atoms with E-state index in [2.05, 4.69) is 70.9 Å². The van der Waals surface area contributed by atoms with E-state index in [4.69, 9.17) is 21.3 Å². The van der Waals surface area contributed by atoms with Gasteiger partial charge in [-0.2, -0.15) is 18.4 Å². The highest BCUT2D eigenvalue weighted by Crippen LogP contribution is 2.59. The molecule has 1 saturated carbocycles. The van der Waals surface area contributed by atoms with Crippen molar-refractivity contribution in [1.29, 1.82) is 0 Å². The average Bonchev–Trinajstić information content (AvgIpc) is 3.40. The van der Waals surface area contributed by atoms with Gasteiger partial charge in [-0.25, -0.2) is 14.6 Å². The molecule has 4 aromatic heterocycles. The highest BCUT2D eigenvalue weighted by Gasteiger charge is 2.62. The number of amides is 1. The number of halogens is 4. The zero-order valence-electron chi connectivity index (χ0n) is 32.8. The number of nitrogens with one attached hydrogen (secondary N) is 2. The smallest absolute Gasteiger partial charge is 0.394 e. The number of anilines is 1. The number of carbonyl (C=O) groups is 2. The standard InChI is InChI=1S/C32H39ClF3N11O2S.C5H10O2/c1-30(2)18-21(19-45(30)3)6-5-15-46(20-23-39-43-44-40-23)24-7-4-8-27(37-24)50-42-29(48)22-9-10-25(38-28(22)33)47-16-11-26(41-47)49-17-14-31(12-13-31)32(34,35)36;1-5(2,3)7-4-6/h4,7-11,16,21H,5-6,12-15,17-20H2,1-3H3,(H,42,48)(H,39,40,43,44);4H,1-3H3. The third-order valence-electron chi connectivity index (χ3n) is 9.96. The van der Waals surface area contributed by atoms with Gasteiger partial charge in [-0.1, -0.05) is 22.9 Å². The molecule has 0 radical (unpaired) electrons. The Hall–Kier alpha value is -4.49. The van der Waals surface area contributed by atoms with Crippen molar-refractivity contribution < 1.29 is 32.2 Å². The van der Waals surface area contributed by atoms with Gasteiger partial charge in [-0.05, 0) is 110 Å². The van der Waals surface area contributed by atoms with Gasteiger partial charge in [0.2, 0.25) is 5.88 Å². The third-order valence-corrected chi connectivity index (χ3v) is 11.0. The van der Waals surface area contributed by atoms with Crippen molar-refractivity contribution in [3.05, 3.63) is 59.1 Å². The van der Waals surface area contributed by atoms with E-state index in [1.165, 1.54) is 16.8 Å². The predicted molar refractivity (Wildman–Crippen MR) is 208 cm³/mol. The number of likely N-dealkylation sites (tertiary alicyclic amines) is 1. The van der Waals surface area contributed by atoms with Crippen LogP contribution < -0.4 is 14.4 Å². The van der Waals surface area contributed by atoms with Crippen LogP contribution in [0.4, 0.5) is 19.0 Å². The third kappa shape index (κ3) is 12.3. The zero-order chi connectivity index (χ0) is 41.4. The van der Waals surface area contributed by atoms with Crippen LogP contribution in [0.15, 0.2) is 47.6 Å². The Morgan fingerprint density at radius 3 is 2.53 bits per heavy atom. The summed E-state index contributed by atoms with van der Waals surface area (Å²) < 4.78 is 53.7. The van der Waals surface area contributed by atoms with E-state index in [9.17, 15) is 22.8 Å². The molecule has 0 bridgehead atoms. The molecule has 2 N–H and O–H groups in total. The number of aromatic amines is 1. The van der Waals surface area contributed by atoms with Gasteiger partial charge in [0.05, 0.1) is 24.1 Å². The molecule has 57 heavy (non-hydrogen) atoms. The Bertz CT molecular complexity index is 1940. The number of tetrazole rings is 1. The number of H-pyrrole nitrogens is 1. The topological polar surface area (TPSA) is 169 Å². The number of rotatable bonds is 16. The summed E-state index contributed by atoms with van der Waals surface area (Å²) in [6.45, 7) is 12.6. The molecule has 1 aliphatic carbocycles. The predicted octanol–water partition coefficient (Wildman–Crippen LogP) is 6.85. The van der Waals surface area contributed by atoms with Crippen LogP contribution in [0.2, 0.25) is 5.15 Å². The van der Waals surface area contributed by atoms with E-state index in [1.807, 2.05) is 32.9 Å². The molecule has 5 heterocycles. The van der Waals surface area contributed by atoms with Crippen molar-refractivity contribution in [3.63, 3.8) is 0 Å². The monoisotopic (exact) mass is 835 g/mol. The summed E-state index contributed by atoms with van der Waals surface area (Å²) in [4.78, 5) is 36.3. The highest BCUT2D eigenvalue weighted by molar-refractivity contribution is 7.97. The Morgan fingerprint density at radius 1 is 1.16 bits per heavy atom. The first-order valence-electron chi connectivity index (χ1n) is 18.5. The normalized spacial score (nSPS) is 17.3. The molecular weight excluding hydrogens is 787 g/mol. The molecule has 1 atom stereocenters. The molecule has 1 unspecified atom stereocenters. The average molecular weight is 836 g/mol. The summed E-state index contributed by atoms with van der Waals surface area (Å²) in [5, 5.41) is 19.2. The molecule has 20 heteroatoms. The van der Waals surface area contributed by atoms with Crippen LogP contribution in [0.5, 0.6) is 5.88 Å². The molecule has 0 aromatic carbocycles. The summed E-state index contributed by atoms with van der Waals surface area (Å²) in [6.07, 6.45) is 0.672. The van der Waals surface area contributed by atoms with E-state index in [1.54, 1.807) is 18.3 Å². The maximum atomic E-state index is 13.2. The SMILES string of the molecule is CC(C)(C)OC=O.CN1CC(CCCN(Cc2nn[nH]n2)c2cccc(SNC(=O)c3ccc(-n4ccc(OCCC5(C(F)(F)F)CC5)n4)nc3Cl)n2)CC1(C)C. The van der Waals surface area contributed by atoms with Crippen LogP contribution in [0, 0.1) is 11.3 Å². The van der Waals surface area contributed by atoms with Gasteiger partial charge in [-0.15, -0.1) is 15.3 Å². The van der Waals surface area contributed by atoms with Crippen LogP contribution in [0.1, 0.15) is 89.3 Å². The Balaban J connectivity index is 0.000000811. The van der Waals surface area contributed by atoms with Gasteiger partial charge in [0.1, 0.15) is 21.6 Å². The van der Waals surface area contributed by atoms with Crippen LogP contribution in [-0.4, -0.2) is 102 Å². The van der Waals surface area contributed by atoms with Crippen molar-refractivity contribution in [3.8, 4) is 11.7 Å². The first-order chi connectivity index (χ1) is 26.9. The van der Waals surface area contributed by atoms with Crippen LogP contribution in [0.25, 0.3) is 5.82 Å². The lowest BCUT2D eigenvalue weighted by molar-refractivity contribution is -0.190. The zero-order valence-corrected chi connectivity index (χ0v) is 34.4. The summed E-state index contributed by atoms with van der Waals surface area (Å²) >= 11 is 7.45. The molecule has 1 aliphatic heterocycles. The molecule has 4 aromatic rings. The van der Waals surface area contributed by atoms with Crippen molar-refractivity contribution >= 4 is 41.7 Å². The number of nitrogens with zero attached hydrogens (tertiary/aromatic N) is 9. The van der Waals surface area contributed by atoms with Gasteiger partial charge in [-0.3, -0.25) is 14.3 Å². The quantitative estimate of drug-likeness (QED) is 0.0684. The minimum atomic E-state index is -4.23. The number of ether oxygens (including phenoxy) is 2. The van der Waals surface area contributed by atoms with E-state index in [-0.39, 0.29) is 53.6 Å². The lowest BCUT2D eigenvalue weighted by atomic mass is 9.93. The number of hydrogen-bond donors (Lipinski definition) is 2. The Labute approximate surface area is 338 Å². The fourth-order valence-corrected chi connectivity index (χ4v) is 7.19. The van der Waals surface area contributed by atoms with Gasteiger partial charge in [0, 0.05) is 42.8 Å². The van der Waals surface area contributed by atoms with Gasteiger partial charge in [0.15, 0.2) is 11.6 Å². The molecule has 1 saturated heterocycles. The van der Waals surface area contributed by atoms with Gasteiger partial charge in [0.25, 0.3) is 12.4 Å². The van der Waals surface area contributed by atoms with E-state index >= 15 is 0 Å². The minimum Gasteiger partial charge on any atom is -0.477 e. The minimum absolute atomic E-state index is 0.0516. The second-order valence-electron chi connectivity index (χ2n) is 15.8. The largest absolute Gasteiger partial charge is 0.477 e. The summed E-state index contributed by atoms with van der Waals surface area (Å²) in [5.41, 5.74) is -1.61. The fourth-order valence-electron chi connectivity index (χ4n) is 6.37. The van der Waals surface area contributed by atoms with Crippen molar-refractivity contribution in [1.82, 2.24) is 50.0 Å². The molecule has 0 spiro atoms. The number of alkyl halides is 3. The lowest BCUT2D eigenvalue weighted by Crippen LogP contribution is -2.34. The van der Waals surface area contributed by atoms with Gasteiger partial charge < -0.3 is 19.3 Å². The first-order valence-corrected chi connectivity index (χ1v) is 19.7. The summed E-state index contributed by atoms with van der Waals surface area (Å²) in [7, 11) is 2.18. The number of carbonyl (C=O) groups excluding carboxylic acids is 2. The lowest BCUT2D eigenvalue weighted by Gasteiger charge is -2.26. The fraction of sp³-hybridized carbons (Fsp3) is 0.568. The van der Waals surface area contributed by atoms with Crippen molar-refractivity contribution in [2.45, 2.75) is 102 Å². The second-order valence-corrected chi connectivity index (χ2v) is 17.0. The number of hydrogen-bond acceptors (Lipinski definition) is 13. The summed E-state index contributed by atoms with van der Waals surface area (Å²) in [6, 6.07) is 10.2. The second kappa shape index (κ2) is 18.4.